The fourth-order valence-corrected chi connectivity index (χ4v) is 2.43. The number of carbonyl (C=O) groups excluding carboxylic acids is 1. The van der Waals surface area contributed by atoms with E-state index in [1.165, 1.54) is 43.7 Å². The maximum Gasteiger partial charge on any atom is 0.310 e. The summed E-state index contributed by atoms with van der Waals surface area (Å²) in [6, 6.07) is 8.69. The predicted molar refractivity (Wildman–Crippen MR) is 84.3 cm³/mol. The van der Waals surface area contributed by atoms with Crippen molar-refractivity contribution in [3.63, 3.8) is 0 Å². The van der Waals surface area contributed by atoms with Crippen molar-refractivity contribution in [2.75, 3.05) is 7.11 Å². The highest BCUT2D eigenvalue weighted by Crippen LogP contribution is 2.26. The Balaban J connectivity index is 1.68. The predicted octanol–water partition coefficient (Wildman–Crippen LogP) is 3.57. The van der Waals surface area contributed by atoms with Gasteiger partial charge in [-0.25, -0.2) is 4.39 Å². The minimum Gasteiger partial charge on any atom is -0.508 e. The van der Waals surface area contributed by atoms with E-state index in [2.05, 4.69) is 0 Å². The van der Waals surface area contributed by atoms with Gasteiger partial charge in [-0.15, -0.1) is 0 Å². The number of fused-ring (bicyclic) bond motifs is 1. The van der Waals surface area contributed by atoms with Crippen molar-refractivity contribution in [1.29, 1.82) is 0 Å². The molecule has 0 bridgehead atoms. The number of furan rings is 1. The highest BCUT2D eigenvalue weighted by atomic mass is 19.1. The van der Waals surface area contributed by atoms with Crippen LogP contribution in [0, 0.1) is 5.82 Å². The van der Waals surface area contributed by atoms with E-state index >= 15 is 0 Å². The Kier molecular flexibility index (Phi) is 4.37. The van der Waals surface area contributed by atoms with Crippen LogP contribution in [0.2, 0.25) is 0 Å². The molecule has 2 aromatic carbocycles. The molecule has 0 aliphatic heterocycles. The minimum absolute atomic E-state index is 0.00933. The first-order chi connectivity index (χ1) is 11.6. The first kappa shape index (κ1) is 15.9. The number of hydrogen-bond acceptors (Lipinski definition) is 5. The standard InChI is InChI=1S/C18H15FO5/c1-22-16-5-2-13(19)6-12(16)10-24-18(21)7-11-9-23-17-8-14(20)3-4-15(11)17/h2-6,8-9,20H,7,10H2,1H3. The summed E-state index contributed by atoms with van der Waals surface area (Å²) >= 11 is 0. The fourth-order valence-electron chi connectivity index (χ4n) is 2.43. The SMILES string of the molecule is COc1ccc(F)cc1COC(=O)Cc1coc2cc(O)ccc12. The van der Waals surface area contributed by atoms with Crippen LogP contribution in [0.4, 0.5) is 4.39 Å². The van der Waals surface area contributed by atoms with Crippen LogP contribution in [-0.4, -0.2) is 18.2 Å². The largest absolute Gasteiger partial charge is 0.508 e. The molecule has 0 aliphatic carbocycles. The molecule has 124 valence electrons. The molecule has 0 saturated carbocycles. The number of carbonyl (C=O) groups is 1. The van der Waals surface area contributed by atoms with Crippen molar-refractivity contribution >= 4 is 16.9 Å². The number of phenols is 1. The monoisotopic (exact) mass is 330 g/mol. The Morgan fingerprint density at radius 1 is 1.21 bits per heavy atom. The molecule has 0 fully saturated rings. The summed E-state index contributed by atoms with van der Waals surface area (Å²) in [7, 11) is 1.46. The molecule has 0 saturated heterocycles. The molecular weight excluding hydrogens is 315 g/mol. The molecule has 0 amide bonds. The molecule has 0 radical (unpaired) electrons. The summed E-state index contributed by atoms with van der Waals surface area (Å²) in [5, 5.41) is 10.1. The second-order valence-corrected chi connectivity index (χ2v) is 5.24. The van der Waals surface area contributed by atoms with Crippen LogP contribution in [0.1, 0.15) is 11.1 Å². The number of halogens is 1. The average molecular weight is 330 g/mol. The van der Waals surface area contributed by atoms with Crippen molar-refractivity contribution in [3.8, 4) is 11.5 Å². The van der Waals surface area contributed by atoms with E-state index in [1.807, 2.05) is 0 Å². The lowest BCUT2D eigenvalue weighted by atomic mass is 10.1. The van der Waals surface area contributed by atoms with Crippen LogP contribution >= 0.6 is 0 Å². The van der Waals surface area contributed by atoms with Gasteiger partial charge in [-0.3, -0.25) is 4.79 Å². The zero-order valence-electron chi connectivity index (χ0n) is 12.9. The molecular formula is C18H15FO5. The van der Waals surface area contributed by atoms with E-state index in [0.717, 1.165) is 5.39 Å². The van der Waals surface area contributed by atoms with E-state index in [0.29, 0.717) is 22.5 Å². The second-order valence-electron chi connectivity index (χ2n) is 5.24. The number of phenolic OH excluding ortho intramolecular Hbond substituents is 1. The quantitative estimate of drug-likeness (QED) is 0.724. The van der Waals surface area contributed by atoms with Gasteiger partial charge in [-0.05, 0) is 30.3 Å². The van der Waals surface area contributed by atoms with Gasteiger partial charge < -0.3 is 19.0 Å². The summed E-state index contributed by atoms with van der Waals surface area (Å²) in [5.41, 5.74) is 1.60. The number of rotatable bonds is 5. The molecule has 6 heteroatoms. The van der Waals surface area contributed by atoms with Gasteiger partial charge in [0.15, 0.2) is 0 Å². The Labute approximate surface area is 137 Å². The molecule has 0 spiro atoms. The van der Waals surface area contributed by atoms with E-state index < -0.39 is 11.8 Å². The summed E-state index contributed by atoms with van der Waals surface area (Å²) in [6.07, 6.45) is 1.46. The lowest BCUT2D eigenvalue weighted by molar-refractivity contribution is -0.144. The smallest absolute Gasteiger partial charge is 0.310 e. The van der Waals surface area contributed by atoms with Crippen LogP contribution in [0.3, 0.4) is 0 Å². The van der Waals surface area contributed by atoms with Crippen molar-refractivity contribution in [2.24, 2.45) is 0 Å². The lowest BCUT2D eigenvalue weighted by Gasteiger charge is -2.09. The molecule has 24 heavy (non-hydrogen) atoms. The van der Waals surface area contributed by atoms with Crippen LogP contribution < -0.4 is 4.74 Å². The maximum absolute atomic E-state index is 13.3. The third kappa shape index (κ3) is 3.32. The molecule has 1 heterocycles. The third-order valence-electron chi connectivity index (χ3n) is 3.61. The summed E-state index contributed by atoms with van der Waals surface area (Å²) in [5.74, 6) is -0.364. The number of methoxy groups -OCH3 is 1. The zero-order valence-corrected chi connectivity index (χ0v) is 12.9. The number of esters is 1. The van der Waals surface area contributed by atoms with Crippen molar-refractivity contribution < 1.29 is 28.2 Å². The Morgan fingerprint density at radius 3 is 2.83 bits per heavy atom. The molecule has 0 atom stereocenters. The van der Waals surface area contributed by atoms with Gasteiger partial charge in [0.2, 0.25) is 0 Å². The molecule has 3 aromatic rings. The first-order valence-electron chi connectivity index (χ1n) is 7.24. The average Bonchev–Trinajstić information content (AvgIpc) is 2.95. The lowest BCUT2D eigenvalue weighted by Crippen LogP contribution is -2.08. The molecule has 0 aliphatic rings. The van der Waals surface area contributed by atoms with Gasteiger partial charge in [0.05, 0.1) is 19.8 Å². The Bertz CT molecular complexity index is 884. The van der Waals surface area contributed by atoms with Gasteiger partial charge in [0.25, 0.3) is 0 Å². The van der Waals surface area contributed by atoms with Gasteiger partial charge in [0, 0.05) is 22.6 Å². The van der Waals surface area contributed by atoms with Crippen molar-refractivity contribution in [2.45, 2.75) is 13.0 Å². The third-order valence-corrected chi connectivity index (χ3v) is 3.61. The van der Waals surface area contributed by atoms with Gasteiger partial charge in [-0.2, -0.15) is 0 Å². The van der Waals surface area contributed by atoms with Crippen molar-refractivity contribution in [1.82, 2.24) is 0 Å². The topological polar surface area (TPSA) is 68.9 Å². The number of ether oxygens (including phenoxy) is 2. The number of hydrogen-bond donors (Lipinski definition) is 1. The molecule has 1 aromatic heterocycles. The van der Waals surface area contributed by atoms with Crippen LogP contribution in [0.15, 0.2) is 47.1 Å². The van der Waals surface area contributed by atoms with E-state index in [4.69, 9.17) is 13.9 Å². The second kappa shape index (κ2) is 6.62. The highest BCUT2D eigenvalue weighted by Gasteiger charge is 2.13. The van der Waals surface area contributed by atoms with E-state index in [-0.39, 0.29) is 18.8 Å². The number of aromatic hydroxyl groups is 1. The Hall–Kier alpha value is -3.02. The summed E-state index contributed by atoms with van der Waals surface area (Å²) < 4.78 is 28.9. The minimum atomic E-state index is -0.475. The Morgan fingerprint density at radius 2 is 2.04 bits per heavy atom. The number of benzene rings is 2. The van der Waals surface area contributed by atoms with Crippen LogP contribution in [0.5, 0.6) is 11.5 Å². The van der Waals surface area contributed by atoms with Gasteiger partial charge >= 0.3 is 5.97 Å². The molecule has 3 rings (SSSR count). The van der Waals surface area contributed by atoms with Crippen LogP contribution in [0.25, 0.3) is 11.0 Å². The molecule has 5 nitrogen and oxygen atoms in total. The van der Waals surface area contributed by atoms with Gasteiger partial charge in [0.1, 0.15) is 29.5 Å². The summed E-state index contributed by atoms with van der Waals surface area (Å²) in [4.78, 5) is 12.0. The highest BCUT2D eigenvalue weighted by molar-refractivity contribution is 5.86. The van der Waals surface area contributed by atoms with Crippen molar-refractivity contribution in [3.05, 3.63) is 59.6 Å². The van der Waals surface area contributed by atoms with E-state index in [1.54, 1.807) is 6.07 Å². The molecule has 0 unspecified atom stereocenters. The first-order valence-corrected chi connectivity index (χ1v) is 7.24. The van der Waals surface area contributed by atoms with Gasteiger partial charge in [-0.1, -0.05) is 0 Å². The normalized spacial score (nSPS) is 10.8. The summed E-state index contributed by atoms with van der Waals surface area (Å²) in [6.45, 7) is -0.0870. The fraction of sp³-hybridized carbons (Fsp3) is 0.167. The van der Waals surface area contributed by atoms with E-state index in [9.17, 15) is 14.3 Å². The molecule has 1 N–H and O–H groups in total. The van der Waals surface area contributed by atoms with Crippen LogP contribution in [-0.2, 0) is 22.6 Å². The maximum atomic E-state index is 13.3. The zero-order chi connectivity index (χ0) is 17.1.